The van der Waals surface area contributed by atoms with Gasteiger partial charge < -0.3 is 29.5 Å². The summed E-state index contributed by atoms with van der Waals surface area (Å²) in [6.07, 6.45) is 14.3. The molecule has 0 fully saturated rings. The van der Waals surface area contributed by atoms with Crippen molar-refractivity contribution in [3.05, 3.63) is 42.0 Å². The Morgan fingerprint density at radius 2 is 1.56 bits per heavy atom. The van der Waals surface area contributed by atoms with E-state index in [1.54, 1.807) is 66.1 Å². The molecule has 0 heterocycles. The Morgan fingerprint density at radius 1 is 0.942 bits per heavy atom. The molecule has 0 saturated heterocycles. The summed E-state index contributed by atoms with van der Waals surface area (Å²) in [4.78, 5) is 54.7. The fraction of sp³-hybridized carbons (Fsp3) is 0.667. The molecule has 0 aliphatic heterocycles. The van der Waals surface area contributed by atoms with Gasteiger partial charge in [0.25, 0.3) is 0 Å². The Bertz CT molecular complexity index is 1310. The Labute approximate surface area is 313 Å². The Morgan fingerprint density at radius 3 is 2.12 bits per heavy atom. The van der Waals surface area contributed by atoms with Crippen molar-refractivity contribution in [2.24, 2.45) is 5.92 Å². The van der Waals surface area contributed by atoms with Crippen LogP contribution in [0.1, 0.15) is 124 Å². The summed E-state index contributed by atoms with van der Waals surface area (Å²) >= 11 is 0. The van der Waals surface area contributed by atoms with E-state index in [2.05, 4.69) is 24.1 Å². The van der Waals surface area contributed by atoms with Gasteiger partial charge in [-0.05, 0) is 71.1 Å². The van der Waals surface area contributed by atoms with Gasteiger partial charge in [-0.1, -0.05) is 75.7 Å². The summed E-state index contributed by atoms with van der Waals surface area (Å²) < 4.78 is 16.4. The molecule has 10 nitrogen and oxygen atoms in total. The van der Waals surface area contributed by atoms with Crippen LogP contribution in [0.3, 0.4) is 0 Å². The van der Waals surface area contributed by atoms with Gasteiger partial charge in [-0.15, -0.1) is 5.92 Å². The second-order valence-corrected chi connectivity index (χ2v) is 14.6. The summed E-state index contributed by atoms with van der Waals surface area (Å²) in [7, 11) is 4.65. The number of Topliss-reactive ketones (excluding diaryl/α,β-unsaturated/α-hetero) is 1. The zero-order chi connectivity index (χ0) is 39.0. The van der Waals surface area contributed by atoms with Gasteiger partial charge in [0.15, 0.2) is 5.60 Å². The number of likely N-dealkylation sites (N-methyl/N-ethyl adjacent to an activating group) is 1. The standard InChI is InChI=1S/C42H66N2O8/c1-9-11-13-16-19-22-34(45)23-20-17-14-15-18-21-24-36(42(49,29-31-50-8)40(48)52-41(3,4)5)38(46)43-37(39(47)44(6)7)32-33-25-27-35(28-26-33)51-30-12-10-2/h21,24-28,36-37,49H,9,11,13-20,22-23,29-32H2,1-8H3,(H,43,46)/b24-21+/t36-,37+,42+/m1/s1. The van der Waals surface area contributed by atoms with Crippen molar-refractivity contribution in [2.45, 2.75) is 142 Å². The van der Waals surface area contributed by atoms with E-state index >= 15 is 0 Å². The van der Waals surface area contributed by atoms with Crippen molar-refractivity contribution < 1.29 is 38.5 Å². The molecule has 0 aliphatic rings. The molecule has 2 amide bonds. The fourth-order valence-corrected chi connectivity index (χ4v) is 5.62. The Balaban J connectivity index is 3.14. The highest BCUT2D eigenvalue weighted by atomic mass is 16.6. The van der Waals surface area contributed by atoms with E-state index in [9.17, 15) is 24.3 Å². The molecule has 3 atom stereocenters. The van der Waals surface area contributed by atoms with Crippen LogP contribution in [-0.2, 0) is 35.1 Å². The van der Waals surface area contributed by atoms with Crippen molar-refractivity contribution in [3.63, 3.8) is 0 Å². The van der Waals surface area contributed by atoms with Crippen LogP contribution in [0.15, 0.2) is 36.4 Å². The number of hydrogen-bond donors (Lipinski definition) is 2. The number of nitrogens with one attached hydrogen (secondary N) is 1. The molecule has 10 heteroatoms. The predicted octanol–water partition coefficient (Wildman–Crippen LogP) is 6.76. The molecule has 0 aromatic heterocycles. The number of benzene rings is 1. The maximum Gasteiger partial charge on any atom is 0.339 e. The number of hydrogen-bond acceptors (Lipinski definition) is 8. The molecule has 0 radical (unpaired) electrons. The van der Waals surface area contributed by atoms with Gasteiger partial charge in [-0.3, -0.25) is 14.4 Å². The number of rotatable bonds is 26. The van der Waals surface area contributed by atoms with Gasteiger partial charge in [-0.25, -0.2) is 4.79 Å². The van der Waals surface area contributed by atoms with Crippen LogP contribution in [-0.4, -0.2) is 85.2 Å². The molecule has 0 aliphatic carbocycles. The normalized spacial score (nSPS) is 13.7. The third-order valence-corrected chi connectivity index (χ3v) is 8.61. The van der Waals surface area contributed by atoms with Crippen LogP contribution < -0.4 is 10.1 Å². The lowest BCUT2D eigenvalue weighted by Crippen LogP contribution is -2.57. The van der Waals surface area contributed by atoms with Crippen LogP contribution in [0.2, 0.25) is 0 Å². The van der Waals surface area contributed by atoms with Gasteiger partial charge >= 0.3 is 5.97 Å². The highest BCUT2D eigenvalue weighted by Crippen LogP contribution is 2.29. The third-order valence-electron chi connectivity index (χ3n) is 8.61. The monoisotopic (exact) mass is 726 g/mol. The number of amides is 2. The predicted molar refractivity (Wildman–Crippen MR) is 206 cm³/mol. The van der Waals surface area contributed by atoms with Crippen molar-refractivity contribution in [3.8, 4) is 17.6 Å². The van der Waals surface area contributed by atoms with Crippen LogP contribution >= 0.6 is 0 Å². The Hall–Kier alpha value is -3.68. The number of nitrogens with zero attached hydrogens (tertiary/aromatic N) is 1. The number of esters is 1. The maximum atomic E-state index is 14.1. The molecule has 1 rings (SSSR count). The summed E-state index contributed by atoms with van der Waals surface area (Å²) in [5.74, 6) is 3.22. The SMILES string of the molecule is CC#CCOc1ccc(C[C@H](NC(=O)[C@@H](/C=C/CCCCCCC(=O)CCCCCCC)[C@@](O)(CCOC)C(=O)OC(C)(C)C)C(=O)N(C)C)cc1. The molecule has 0 unspecified atom stereocenters. The van der Waals surface area contributed by atoms with E-state index in [1.807, 2.05) is 12.1 Å². The van der Waals surface area contributed by atoms with Crippen molar-refractivity contribution in [1.82, 2.24) is 10.2 Å². The van der Waals surface area contributed by atoms with Crippen LogP contribution in [0, 0.1) is 17.8 Å². The lowest BCUT2D eigenvalue weighted by atomic mass is 9.82. The van der Waals surface area contributed by atoms with Gasteiger partial charge in [-0.2, -0.15) is 0 Å². The lowest BCUT2D eigenvalue weighted by molar-refractivity contribution is -0.185. The fourth-order valence-electron chi connectivity index (χ4n) is 5.62. The summed E-state index contributed by atoms with van der Waals surface area (Å²) in [6, 6.07) is 6.19. The average molecular weight is 727 g/mol. The molecule has 2 N–H and O–H groups in total. The molecular weight excluding hydrogens is 660 g/mol. The van der Waals surface area contributed by atoms with Gasteiger partial charge in [0.1, 0.15) is 29.8 Å². The molecule has 292 valence electrons. The summed E-state index contributed by atoms with van der Waals surface area (Å²) in [5.41, 5.74) is -2.42. The molecule has 1 aromatic rings. The van der Waals surface area contributed by atoms with Gasteiger partial charge in [0.2, 0.25) is 11.8 Å². The highest BCUT2D eigenvalue weighted by molar-refractivity contribution is 5.94. The minimum absolute atomic E-state index is 0.0108. The number of methoxy groups -OCH3 is 1. The van der Waals surface area contributed by atoms with Gasteiger partial charge in [0, 0.05) is 53.5 Å². The van der Waals surface area contributed by atoms with Crippen molar-refractivity contribution in [2.75, 3.05) is 34.4 Å². The lowest BCUT2D eigenvalue weighted by Gasteiger charge is -2.35. The number of ketones is 1. The number of ether oxygens (including phenoxy) is 3. The molecule has 0 spiro atoms. The second kappa shape index (κ2) is 25.3. The minimum atomic E-state index is -2.27. The molecule has 52 heavy (non-hydrogen) atoms. The van der Waals surface area contributed by atoms with Crippen LogP contribution in [0.25, 0.3) is 0 Å². The first-order valence-electron chi connectivity index (χ1n) is 18.9. The van der Waals surface area contributed by atoms with Gasteiger partial charge in [0.05, 0.1) is 5.92 Å². The highest BCUT2D eigenvalue weighted by Gasteiger charge is 2.49. The summed E-state index contributed by atoms with van der Waals surface area (Å²) in [6.45, 7) is 9.22. The largest absolute Gasteiger partial charge is 0.481 e. The van der Waals surface area contributed by atoms with E-state index in [4.69, 9.17) is 14.2 Å². The van der Waals surface area contributed by atoms with Crippen molar-refractivity contribution >= 4 is 23.6 Å². The summed E-state index contributed by atoms with van der Waals surface area (Å²) in [5, 5.41) is 14.8. The molecule has 1 aromatic carbocycles. The maximum absolute atomic E-state index is 14.1. The number of allylic oxidation sites excluding steroid dienone is 1. The molecule has 0 bridgehead atoms. The number of unbranched alkanes of at least 4 members (excludes halogenated alkanes) is 8. The number of carbonyl (C=O) groups is 4. The zero-order valence-electron chi connectivity index (χ0n) is 33.2. The average Bonchev–Trinajstić information content (AvgIpc) is 3.09. The first kappa shape index (κ1) is 46.3. The first-order chi connectivity index (χ1) is 24.7. The molecule has 0 saturated carbocycles. The van der Waals surface area contributed by atoms with E-state index in [0.29, 0.717) is 30.8 Å². The first-order valence-corrected chi connectivity index (χ1v) is 18.9. The quantitative estimate of drug-likeness (QED) is 0.0464. The third kappa shape index (κ3) is 18.7. The van der Waals surface area contributed by atoms with E-state index < -0.39 is 35.0 Å². The second-order valence-electron chi connectivity index (χ2n) is 14.6. The van der Waals surface area contributed by atoms with E-state index in [1.165, 1.54) is 31.3 Å². The van der Waals surface area contributed by atoms with E-state index in [0.717, 1.165) is 44.1 Å². The minimum Gasteiger partial charge on any atom is -0.481 e. The van der Waals surface area contributed by atoms with E-state index in [-0.39, 0.29) is 32.0 Å². The smallest absolute Gasteiger partial charge is 0.339 e. The topological polar surface area (TPSA) is 131 Å². The zero-order valence-corrected chi connectivity index (χ0v) is 33.2. The van der Waals surface area contributed by atoms with Crippen molar-refractivity contribution in [1.29, 1.82) is 0 Å². The van der Waals surface area contributed by atoms with Crippen LogP contribution in [0.4, 0.5) is 0 Å². The Kier molecular flexibility index (Phi) is 22.6. The number of carbonyl (C=O) groups excluding carboxylic acids is 4. The molecular formula is C42H66N2O8. The van der Waals surface area contributed by atoms with Crippen LogP contribution in [0.5, 0.6) is 5.75 Å². The number of aliphatic hydroxyl groups is 1.